The van der Waals surface area contributed by atoms with Gasteiger partial charge in [-0.3, -0.25) is 9.59 Å². The van der Waals surface area contributed by atoms with Gasteiger partial charge in [-0.05, 0) is 31.5 Å². The van der Waals surface area contributed by atoms with Crippen LogP contribution in [0.25, 0.3) is 0 Å². The van der Waals surface area contributed by atoms with Gasteiger partial charge in [0.1, 0.15) is 0 Å². The Morgan fingerprint density at radius 2 is 2.30 bits per heavy atom. The van der Waals surface area contributed by atoms with Crippen molar-refractivity contribution in [3.63, 3.8) is 0 Å². The number of carbonyl (C=O) groups excluding carboxylic acids is 2. The summed E-state index contributed by atoms with van der Waals surface area (Å²) in [6.45, 7) is 5.66. The Kier molecular flexibility index (Phi) is 6.81. The lowest BCUT2D eigenvalue weighted by molar-refractivity contribution is -0.122. The lowest BCUT2D eigenvalue weighted by atomic mass is 10.1. The summed E-state index contributed by atoms with van der Waals surface area (Å²) in [5.74, 6) is 0.167. The highest BCUT2D eigenvalue weighted by Gasteiger charge is 2.35. The third-order valence-corrected chi connectivity index (χ3v) is 6.04. The first-order valence-corrected chi connectivity index (χ1v) is 10.6. The topological polar surface area (TPSA) is 84.4 Å². The monoisotopic (exact) mass is 406 g/mol. The van der Waals surface area contributed by atoms with Gasteiger partial charge >= 0.3 is 0 Å². The Morgan fingerprint density at radius 3 is 3.07 bits per heavy atom. The molecule has 1 aliphatic rings. The van der Waals surface area contributed by atoms with Crippen LogP contribution in [0.4, 0.5) is 10.8 Å². The number of ether oxygens (including phenoxy) is 1. The SMILES string of the molecule is CCOCCSc1nnc(NC(=O)[C@@H]2CC(=O)N(c3cccc(C)c3)C2)s1. The Bertz CT molecular complexity index is 811. The molecule has 1 fully saturated rings. The van der Waals surface area contributed by atoms with E-state index in [4.69, 9.17) is 4.74 Å². The van der Waals surface area contributed by atoms with Crippen molar-refractivity contribution in [1.29, 1.82) is 0 Å². The first-order valence-electron chi connectivity index (χ1n) is 8.78. The van der Waals surface area contributed by atoms with Crippen LogP contribution in [-0.2, 0) is 14.3 Å². The van der Waals surface area contributed by atoms with E-state index in [-0.39, 0.29) is 18.2 Å². The number of rotatable bonds is 8. The van der Waals surface area contributed by atoms with Crippen molar-refractivity contribution in [1.82, 2.24) is 10.2 Å². The molecule has 0 spiro atoms. The van der Waals surface area contributed by atoms with Crippen LogP contribution in [0.15, 0.2) is 28.6 Å². The van der Waals surface area contributed by atoms with E-state index in [9.17, 15) is 9.59 Å². The number of hydrogen-bond donors (Lipinski definition) is 1. The van der Waals surface area contributed by atoms with E-state index in [1.54, 1.807) is 16.7 Å². The van der Waals surface area contributed by atoms with Gasteiger partial charge in [0.25, 0.3) is 0 Å². The van der Waals surface area contributed by atoms with Gasteiger partial charge in [-0.2, -0.15) is 0 Å². The number of aromatic nitrogens is 2. The zero-order chi connectivity index (χ0) is 19.2. The number of thioether (sulfide) groups is 1. The van der Waals surface area contributed by atoms with Crippen LogP contribution < -0.4 is 10.2 Å². The molecule has 0 radical (unpaired) electrons. The number of amides is 2. The van der Waals surface area contributed by atoms with Gasteiger partial charge in [0.15, 0.2) is 4.34 Å². The van der Waals surface area contributed by atoms with E-state index in [0.29, 0.717) is 24.9 Å². The molecule has 27 heavy (non-hydrogen) atoms. The van der Waals surface area contributed by atoms with Crippen LogP contribution >= 0.6 is 23.1 Å². The van der Waals surface area contributed by atoms with Crippen LogP contribution in [0.1, 0.15) is 18.9 Å². The summed E-state index contributed by atoms with van der Waals surface area (Å²) in [6.07, 6.45) is 0.203. The molecule has 144 valence electrons. The molecule has 1 aromatic heterocycles. The average molecular weight is 407 g/mol. The van der Waals surface area contributed by atoms with Gasteiger partial charge in [0.05, 0.1) is 12.5 Å². The fourth-order valence-corrected chi connectivity index (χ4v) is 4.46. The number of carbonyl (C=O) groups is 2. The standard InChI is InChI=1S/C18H22N4O3S2/c1-3-25-7-8-26-18-21-20-17(27-18)19-16(24)13-10-15(23)22(11-13)14-6-4-5-12(2)9-14/h4-6,9,13H,3,7-8,10-11H2,1-2H3,(H,19,20,24)/t13-/m1/s1. The molecule has 2 aromatic rings. The first-order chi connectivity index (χ1) is 13.1. The highest BCUT2D eigenvalue weighted by molar-refractivity contribution is 8.01. The van der Waals surface area contributed by atoms with E-state index in [0.717, 1.165) is 21.3 Å². The third kappa shape index (κ3) is 5.27. The van der Waals surface area contributed by atoms with Gasteiger partial charge in [0, 0.05) is 31.0 Å². The zero-order valence-electron chi connectivity index (χ0n) is 15.3. The molecule has 7 nitrogen and oxygen atoms in total. The molecule has 1 aromatic carbocycles. The van der Waals surface area contributed by atoms with Crippen molar-refractivity contribution in [2.45, 2.75) is 24.6 Å². The van der Waals surface area contributed by atoms with E-state index < -0.39 is 5.92 Å². The molecule has 1 saturated heterocycles. The Hall–Kier alpha value is -1.97. The molecule has 1 atom stereocenters. The fraction of sp³-hybridized carbons (Fsp3) is 0.444. The van der Waals surface area contributed by atoms with E-state index in [1.807, 2.05) is 38.1 Å². The second kappa shape index (κ2) is 9.29. The number of benzene rings is 1. The molecule has 1 N–H and O–H groups in total. The fourth-order valence-electron chi connectivity index (χ4n) is 2.79. The van der Waals surface area contributed by atoms with Gasteiger partial charge in [-0.25, -0.2) is 0 Å². The molecular weight excluding hydrogens is 384 g/mol. The van der Waals surface area contributed by atoms with Gasteiger partial charge in [0.2, 0.25) is 16.9 Å². The molecular formula is C18H22N4O3S2. The summed E-state index contributed by atoms with van der Waals surface area (Å²) in [5.41, 5.74) is 1.91. The number of hydrogen-bond acceptors (Lipinski definition) is 7. The minimum Gasteiger partial charge on any atom is -0.381 e. The van der Waals surface area contributed by atoms with Gasteiger partial charge in [-0.1, -0.05) is 35.2 Å². The van der Waals surface area contributed by atoms with Gasteiger partial charge in [-0.15, -0.1) is 10.2 Å². The van der Waals surface area contributed by atoms with Crippen LogP contribution in [0.2, 0.25) is 0 Å². The summed E-state index contributed by atoms with van der Waals surface area (Å²) >= 11 is 2.88. The zero-order valence-corrected chi connectivity index (χ0v) is 16.9. The number of nitrogens with zero attached hydrogens (tertiary/aromatic N) is 3. The summed E-state index contributed by atoms with van der Waals surface area (Å²) in [7, 11) is 0. The van der Waals surface area contributed by atoms with E-state index >= 15 is 0 Å². The number of aryl methyl sites for hydroxylation is 1. The minimum atomic E-state index is -0.393. The van der Waals surface area contributed by atoms with E-state index in [2.05, 4.69) is 15.5 Å². The van der Waals surface area contributed by atoms with Gasteiger partial charge < -0.3 is 15.0 Å². The molecule has 2 heterocycles. The molecule has 3 rings (SSSR count). The third-order valence-electron chi connectivity index (χ3n) is 4.10. The maximum absolute atomic E-state index is 12.5. The lowest BCUT2D eigenvalue weighted by Gasteiger charge is -2.17. The van der Waals surface area contributed by atoms with Crippen LogP contribution in [0.5, 0.6) is 0 Å². The molecule has 0 aliphatic carbocycles. The smallest absolute Gasteiger partial charge is 0.231 e. The Labute approximate surface area is 166 Å². The summed E-state index contributed by atoms with van der Waals surface area (Å²) in [4.78, 5) is 26.5. The van der Waals surface area contributed by atoms with Crippen molar-refractivity contribution in [2.24, 2.45) is 5.92 Å². The number of nitrogens with one attached hydrogen (secondary N) is 1. The van der Waals surface area contributed by atoms with Crippen molar-refractivity contribution in [2.75, 3.05) is 35.7 Å². The molecule has 0 unspecified atom stereocenters. The summed E-state index contributed by atoms with van der Waals surface area (Å²) in [5, 5.41) is 11.3. The number of anilines is 2. The predicted octanol–water partition coefficient (Wildman–Crippen LogP) is 2.97. The average Bonchev–Trinajstić information content (AvgIpc) is 3.25. The largest absolute Gasteiger partial charge is 0.381 e. The minimum absolute atomic E-state index is 0.0369. The highest BCUT2D eigenvalue weighted by Crippen LogP contribution is 2.28. The summed E-state index contributed by atoms with van der Waals surface area (Å²) in [6, 6.07) is 7.74. The van der Waals surface area contributed by atoms with Crippen molar-refractivity contribution in [3.8, 4) is 0 Å². The predicted molar refractivity (Wildman–Crippen MR) is 107 cm³/mol. The molecule has 0 saturated carbocycles. The molecule has 2 amide bonds. The highest BCUT2D eigenvalue weighted by atomic mass is 32.2. The summed E-state index contributed by atoms with van der Waals surface area (Å²) < 4.78 is 6.07. The first kappa shape index (κ1) is 19.8. The molecule has 9 heteroatoms. The van der Waals surface area contributed by atoms with E-state index in [1.165, 1.54) is 11.3 Å². The quantitative estimate of drug-likeness (QED) is 0.412. The second-order valence-electron chi connectivity index (χ2n) is 6.15. The molecule has 1 aliphatic heterocycles. The maximum Gasteiger partial charge on any atom is 0.231 e. The maximum atomic E-state index is 12.5. The van der Waals surface area contributed by atoms with Crippen LogP contribution in [0, 0.1) is 12.8 Å². The Balaban J connectivity index is 1.54. The van der Waals surface area contributed by atoms with Crippen molar-refractivity contribution >= 4 is 45.7 Å². The van der Waals surface area contributed by atoms with Crippen molar-refractivity contribution in [3.05, 3.63) is 29.8 Å². The Morgan fingerprint density at radius 1 is 1.44 bits per heavy atom. The normalized spacial score (nSPS) is 16.7. The molecule has 0 bridgehead atoms. The van der Waals surface area contributed by atoms with Crippen LogP contribution in [-0.4, -0.2) is 47.5 Å². The van der Waals surface area contributed by atoms with Crippen LogP contribution in [0.3, 0.4) is 0 Å². The van der Waals surface area contributed by atoms with Crippen molar-refractivity contribution < 1.29 is 14.3 Å². The second-order valence-corrected chi connectivity index (χ2v) is 8.47. The lowest BCUT2D eigenvalue weighted by Crippen LogP contribution is -2.28.